The lowest BCUT2D eigenvalue weighted by Gasteiger charge is -2.39. The summed E-state index contributed by atoms with van der Waals surface area (Å²) in [6.45, 7) is 1.16. The summed E-state index contributed by atoms with van der Waals surface area (Å²) >= 11 is 0. The Balaban J connectivity index is 2.19. The van der Waals surface area contributed by atoms with E-state index in [1.807, 2.05) is 26.4 Å². The predicted molar refractivity (Wildman–Crippen MR) is 90.3 cm³/mol. The van der Waals surface area contributed by atoms with Crippen molar-refractivity contribution in [3.63, 3.8) is 0 Å². The highest BCUT2D eigenvalue weighted by atomic mass is 16.6. The van der Waals surface area contributed by atoms with Gasteiger partial charge in [-0.15, -0.1) is 5.26 Å². The Bertz CT molecular complexity index is 812. The molecule has 130 valence electrons. The maximum absolute atomic E-state index is 11.2. The van der Waals surface area contributed by atoms with Crippen molar-refractivity contribution in [1.29, 1.82) is 5.26 Å². The number of nitriles is 1. The molecule has 0 radical (unpaired) electrons. The topological polar surface area (TPSA) is 100 Å². The molecular formula is C17H19N4O4+. The van der Waals surface area contributed by atoms with Gasteiger partial charge in [-0.3, -0.25) is 14.7 Å². The molecule has 1 aromatic carbocycles. The van der Waals surface area contributed by atoms with E-state index in [2.05, 4.69) is 5.32 Å². The zero-order valence-corrected chi connectivity index (χ0v) is 14.1. The van der Waals surface area contributed by atoms with E-state index in [0.717, 1.165) is 5.57 Å². The molecule has 8 heteroatoms. The van der Waals surface area contributed by atoms with Crippen molar-refractivity contribution in [2.24, 2.45) is 0 Å². The minimum Gasteiger partial charge on any atom is -0.482 e. The molecule has 8 nitrogen and oxygen atoms in total. The fourth-order valence-electron chi connectivity index (χ4n) is 3.15. The SMILES string of the molecule is C[N+](C)=C(NC#N)C1=CC2(CCOCC2)Oc2ccc([N+](=O)[O-])cc21. The molecule has 2 heterocycles. The van der Waals surface area contributed by atoms with E-state index in [1.165, 1.54) is 12.1 Å². The smallest absolute Gasteiger partial charge is 0.292 e. The molecule has 1 fully saturated rings. The molecule has 0 atom stereocenters. The van der Waals surface area contributed by atoms with Crippen LogP contribution in [0.3, 0.4) is 0 Å². The fraction of sp³-hybridized carbons (Fsp3) is 0.412. The van der Waals surface area contributed by atoms with E-state index in [-0.39, 0.29) is 5.69 Å². The Labute approximate surface area is 145 Å². The number of rotatable bonds is 2. The third-order valence-corrected chi connectivity index (χ3v) is 4.40. The van der Waals surface area contributed by atoms with Crippen LogP contribution >= 0.6 is 0 Å². The largest absolute Gasteiger partial charge is 0.482 e. The zero-order chi connectivity index (χ0) is 18.0. The van der Waals surface area contributed by atoms with Gasteiger partial charge in [0.05, 0.1) is 37.8 Å². The number of hydrogen-bond donors (Lipinski definition) is 1. The number of nitrogens with zero attached hydrogens (tertiary/aromatic N) is 3. The number of nitro benzene ring substituents is 1. The van der Waals surface area contributed by atoms with Gasteiger partial charge in [0.25, 0.3) is 17.7 Å². The van der Waals surface area contributed by atoms with Crippen molar-refractivity contribution < 1.29 is 19.0 Å². The second-order valence-corrected chi connectivity index (χ2v) is 6.25. The molecule has 0 amide bonds. The van der Waals surface area contributed by atoms with Gasteiger partial charge in [0, 0.05) is 30.5 Å². The van der Waals surface area contributed by atoms with Crippen molar-refractivity contribution in [2.45, 2.75) is 18.4 Å². The van der Waals surface area contributed by atoms with Crippen LogP contribution in [0.1, 0.15) is 18.4 Å². The van der Waals surface area contributed by atoms with E-state index in [0.29, 0.717) is 43.2 Å². The lowest BCUT2D eigenvalue weighted by atomic mass is 9.86. The Morgan fingerprint density at radius 3 is 2.68 bits per heavy atom. The van der Waals surface area contributed by atoms with Gasteiger partial charge in [0.15, 0.2) is 0 Å². The summed E-state index contributed by atoms with van der Waals surface area (Å²) in [5.41, 5.74) is 0.761. The van der Waals surface area contributed by atoms with Crippen molar-refractivity contribution in [2.75, 3.05) is 27.3 Å². The van der Waals surface area contributed by atoms with Crippen LogP contribution in [0, 0.1) is 21.6 Å². The molecule has 1 aromatic rings. The zero-order valence-electron chi connectivity index (χ0n) is 14.1. The fourth-order valence-corrected chi connectivity index (χ4v) is 3.15. The minimum atomic E-state index is -0.533. The quantitative estimate of drug-likeness (QED) is 0.167. The highest BCUT2D eigenvalue weighted by molar-refractivity contribution is 6.22. The molecule has 0 bridgehead atoms. The third-order valence-electron chi connectivity index (χ3n) is 4.40. The third kappa shape index (κ3) is 3.19. The van der Waals surface area contributed by atoms with Gasteiger partial charge in [-0.25, -0.2) is 0 Å². The number of fused-ring (bicyclic) bond motifs is 1. The molecule has 0 saturated carbocycles. The summed E-state index contributed by atoms with van der Waals surface area (Å²) in [5.74, 6) is 1.14. The lowest BCUT2D eigenvalue weighted by molar-refractivity contribution is -0.464. The van der Waals surface area contributed by atoms with Crippen LogP contribution in [0.5, 0.6) is 5.75 Å². The number of nitrogens with one attached hydrogen (secondary N) is 1. The highest BCUT2D eigenvalue weighted by Crippen LogP contribution is 2.42. The average Bonchev–Trinajstić information content (AvgIpc) is 2.59. The summed E-state index contributed by atoms with van der Waals surface area (Å²) in [6, 6.07) is 4.54. The van der Waals surface area contributed by atoms with Gasteiger partial charge in [-0.05, 0) is 12.1 Å². The first kappa shape index (κ1) is 16.9. The number of nitro groups is 1. The van der Waals surface area contributed by atoms with Crippen LogP contribution in [0.2, 0.25) is 0 Å². The first-order valence-corrected chi connectivity index (χ1v) is 7.94. The standard InChI is InChI=1S/C17H18N4O4/c1-20(2)16(19-11-18)14-10-17(5-7-24-8-6-17)25-15-4-3-12(21(22)23)9-13(14)15/h3-4,9-10H,5-8H2,1-2H3/p+1. The molecular weight excluding hydrogens is 324 g/mol. The molecule has 3 rings (SSSR count). The van der Waals surface area contributed by atoms with Crippen LogP contribution in [0.15, 0.2) is 24.3 Å². The van der Waals surface area contributed by atoms with Crippen LogP contribution in [0.25, 0.3) is 5.57 Å². The highest BCUT2D eigenvalue weighted by Gasteiger charge is 2.40. The number of hydrogen-bond acceptors (Lipinski definition) is 5. The predicted octanol–water partition coefficient (Wildman–Crippen LogP) is 1.66. The summed E-state index contributed by atoms with van der Waals surface area (Å²) < 4.78 is 13.4. The Hall–Kier alpha value is -2.92. The maximum atomic E-state index is 11.2. The van der Waals surface area contributed by atoms with Gasteiger partial charge >= 0.3 is 0 Å². The average molecular weight is 343 g/mol. The molecule has 0 unspecified atom stereocenters. The van der Waals surface area contributed by atoms with Gasteiger partial charge < -0.3 is 9.47 Å². The van der Waals surface area contributed by atoms with E-state index >= 15 is 0 Å². The maximum Gasteiger partial charge on any atom is 0.292 e. The van der Waals surface area contributed by atoms with Crippen molar-refractivity contribution in [3.05, 3.63) is 40.0 Å². The second kappa shape index (κ2) is 6.53. The molecule has 0 aliphatic carbocycles. The van der Waals surface area contributed by atoms with Gasteiger partial charge in [-0.1, -0.05) is 0 Å². The normalized spacial score (nSPS) is 17.6. The lowest BCUT2D eigenvalue weighted by Crippen LogP contribution is -2.43. The number of ether oxygens (including phenoxy) is 2. The van der Waals surface area contributed by atoms with Gasteiger partial charge in [-0.2, -0.15) is 5.32 Å². The van der Waals surface area contributed by atoms with Gasteiger partial charge in [0.2, 0.25) is 0 Å². The van der Waals surface area contributed by atoms with E-state index < -0.39 is 10.5 Å². The molecule has 1 spiro atoms. The summed E-state index contributed by atoms with van der Waals surface area (Å²) in [5, 5.41) is 23.0. The molecule has 1 N–H and O–H groups in total. The Kier molecular flexibility index (Phi) is 4.42. The van der Waals surface area contributed by atoms with E-state index in [4.69, 9.17) is 14.7 Å². The van der Waals surface area contributed by atoms with Crippen molar-refractivity contribution in [3.8, 4) is 11.9 Å². The minimum absolute atomic E-state index is 0.0220. The van der Waals surface area contributed by atoms with Crippen LogP contribution in [-0.2, 0) is 4.74 Å². The van der Waals surface area contributed by atoms with E-state index in [9.17, 15) is 10.1 Å². The number of benzene rings is 1. The summed E-state index contributed by atoms with van der Waals surface area (Å²) in [6.07, 6.45) is 5.26. The molecule has 1 saturated heterocycles. The first-order valence-electron chi connectivity index (χ1n) is 7.94. The molecule has 0 aromatic heterocycles. The van der Waals surface area contributed by atoms with Crippen LogP contribution in [0.4, 0.5) is 5.69 Å². The van der Waals surface area contributed by atoms with Gasteiger partial charge in [0.1, 0.15) is 11.4 Å². The Morgan fingerprint density at radius 2 is 2.08 bits per heavy atom. The first-order chi connectivity index (χ1) is 12.0. The monoisotopic (exact) mass is 343 g/mol. The van der Waals surface area contributed by atoms with Crippen molar-refractivity contribution >= 4 is 17.1 Å². The number of non-ortho nitro benzene ring substituents is 1. The van der Waals surface area contributed by atoms with E-state index in [1.54, 1.807) is 10.6 Å². The van der Waals surface area contributed by atoms with Crippen molar-refractivity contribution in [1.82, 2.24) is 5.32 Å². The second-order valence-electron chi connectivity index (χ2n) is 6.25. The molecule has 25 heavy (non-hydrogen) atoms. The summed E-state index contributed by atoms with van der Waals surface area (Å²) in [4.78, 5) is 10.7. The summed E-state index contributed by atoms with van der Waals surface area (Å²) in [7, 11) is 3.62. The Morgan fingerprint density at radius 1 is 1.36 bits per heavy atom. The van der Waals surface area contributed by atoms with Crippen LogP contribution < -0.4 is 10.1 Å². The van der Waals surface area contributed by atoms with Crippen LogP contribution in [-0.4, -0.2) is 48.2 Å². The number of amidine groups is 1. The molecule has 2 aliphatic heterocycles. The molecule has 2 aliphatic rings.